The van der Waals surface area contributed by atoms with E-state index in [1.54, 1.807) is 6.26 Å². The zero-order chi connectivity index (χ0) is 10.5. The number of hydrogen-bond donors (Lipinski definition) is 2. The Balaban J connectivity index is 1.78. The Hall–Kier alpha value is -1.48. The number of aromatic nitrogens is 1. The van der Waals surface area contributed by atoms with Crippen LogP contribution in [0.4, 0.5) is 0 Å². The Bertz CT molecular complexity index is 389. The number of hydrogen-bond acceptors (Lipinski definition) is 2. The average Bonchev–Trinajstić information content (AvgIpc) is 2.88. The summed E-state index contributed by atoms with van der Waals surface area (Å²) >= 11 is 0. The second-order valence-electron chi connectivity index (χ2n) is 3.55. The minimum atomic E-state index is 0.771. The van der Waals surface area contributed by atoms with Crippen LogP contribution in [0.2, 0.25) is 0 Å². The molecule has 2 heterocycles. The van der Waals surface area contributed by atoms with Gasteiger partial charge in [0.15, 0.2) is 0 Å². The largest absolute Gasteiger partial charge is 0.468 e. The van der Waals surface area contributed by atoms with E-state index < -0.39 is 0 Å². The standard InChI is InChI=1S/C12H16N2O/c1-2-10-5-6-11(14-10)8-13-9-12-4-3-7-15-12/h3-7,13-14H,2,8-9H2,1H3. The lowest BCUT2D eigenvalue weighted by Crippen LogP contribution is -2.12. The van der Waals surface area contributed by atoms with Crippen LogP contribution in [-0.2, 0) is 19.5 Å². The molecular formula is C12H16N2O. The Morgan fingerprint density at radius 1 is 1.20 bits per heavy atom. The minimum absolute atomic E-state index is 0.771. The van der Waals surface area contributed by atoms with Crippen molar-refractivity contribution in [1.29, 1.82) is 0 Å². The molecule has 0 atom stereocenters. The van der Waals surface area contributed by atoms with Gasteiger partial charge >= 0.3 is 0 Å². The van der Waals surface area contributed by atoms with Crippen LogP contribution in [0.5, 0.6) is 0 Å². The molecule has 80 valence electrons. The summed E-state index contributed by atoms with van der Waals surface area (Å²) in [5.41, 5.74) is 2.50. The fourth-order valence-electron chi connectivity index (χ4n) is 1.53. The molecule has 2 rings (SSSR count). The quantitative estimate of drug-likeness (QED) is 0.785. The Morgan fingerprint density at radius 2 is 2.07 bits per heavy atom. The number of furan rings is 1. The zero-order valence-corrected chi connectivity index (χ0v) is 8.92. The maximum absolute atomic E-state index is 5.23. The van der Waals surface area contributed by atoms with E-state index in [0.717, 1.165) is 25.3 Å². The smallest absolute Gasteiger partial charge is 0.117 e. The predicted molar refractivity (Wildman–Crippen MR) is 59.4 cm³/mol. The van der Waals surface area contributed by atoms with Crippen LogP contribution in [0.1, 0.15) is 24.1 Å². The van der Waals surface area contributed by atoms with Gasteiger partial charge in [0.2, 0.25) is 0 Å². The zero-order valence-electron chi connectivity index (χ0n) is 8.92. The van der Waals surface area contributed by atoms with Gasteiger partial charge in [0.25, 0.3) is 0 Å². The summed E-state index contributed by atoms with van der Waals surface area (Å²) < 4.78 is 5.23. The molecule has 0 aliphatic rings. The molecule has 0 fully saturated rings. The molecule has 15 heavy (non-hydrogen) atoms. The highest BCUT2D eigenvalue weighted by Crippen LogP contribution is 2.03. The molecule has 0 amide bonds. The molecule has 0 aliphatic heterocycles. The summed E-state index contributed by atoms with van der Waals surface area (Å²) in [4.78, 5) is 3.35. The van der Waals surface area contributed by atoms with Crippen molar-refractivity contribution in [2.24, 2.45) is 0 Å². The fourth-order valence-corrected chi connectivity index (χ4v) is 1.53. The highest BCUT2D eigenvalue weighted by molar-refractivity contribution is 5.12. The molecular weight excluding hydrogens is 188 g/mol. The summed E-state index contributed by atoms with van der Waals surface area (Å²) in [5.74, 6) is 0.970. The van der Waals surface area contributed by atoms with Crippen molar-refractivity contribution in [2.45, 2.75) is 26.4 Å². The summed E-state index contributed by atoms with van der Waals surface area (Å²) in [6.07, 6.45) is 2.75. The van der Waals surface area contributed by atoms with Crippen LogP contribution >= 0.6 is 0 Å². The first-order valence-corrected chi connectivity index (χ1v) is 5.28. The fraction of sp³-hybridized carbons (Fsp3) is 0.333. The molecule has 0 saturated heterocycles. The Kier molecular flexibility index (Phi) is 3.25. The molecule has 0 aromatic carbocycles. The van der Waals surface area contributed by atoms with Gasteiger partial charge in [-0.15, -0.1) is 0 Å². The average molecular weight is 204 g/mol. The summed E-state index contributed by atoms with van der Waals surface area (Å²) in [6, 6.07) is 8.12. The van der Waals surface area contributed by atoms with Gasteiger partial charge in [-0.3, -0.25) is 0 Å². The van der Waals surface area contributed by atoms with Gasteiger partial charge in [-0.2, -0.15) is 0 Å². The lowest BCUT2D eigenvalue weighted by molar-refractivity contribution is 0.482. The maximum atomic E-state index is 5.23. The van der Waals surface area contributed by atoms with E-state index in [4.69, 9.17) is 4.42 Å². The molecule has 0 unspecified atom stereocenters. The second-order valence-corrected chi connectivity index (χ2v) is 3.55. The molecule has 2 N–H and O–H groups in total. The first kappa shape index (κ1) is 10.1. The van der Waals surface area contributed by atoms with Crippen LogP contribution in [0, 0.1) is 0 Å². The molecule has 0 saturated carbocycles. The van der Waals surface area contributed by atoms with E-state index in [9.17, 15) is 0 Å². The van der Waals surface area contributed by atoms with Gasteiger partial charge in [0, 0.05) is 17.9 Å². The van der Waals surface area contributed by atoms with E-state index in [2.05, 4.69) is 29.4 Å². The van der Waals surface area contributed by atoms with Crippen molar-refractivity contribution >= 4 is 0 Å². The predicted octanol–water partition coefficient (Wildman–Crippen LogP) is 2.46. The topological polar surface area (TPSA) is 41.0 Å². The molecule has 0 spiro atoms. The third-order valence-electron chi connectivity index (χ3n) is 2.38. The van der Waals surface area contributed by atoms with Gasteiger partial charge in [-0.25, -0.2) is 0 Å². The van der Waals surface area contributed by atoms with Crippen LogP contribution in [0.15, 0.2) is 34.9 Å². The lowest BCUT2D eigenvalue weighted by atomic mass is 10.3. The third-order valence-corrected chi connectivity index (χ3v) is 2.38. The van der Waals surface area contributed by atoms with E-state index in [-0.39, 0.29) is 0 Å². The summed E-state index contributed by atoms with van der Waals surface area (Å²) in [7, 11) is 0. The molecule has 0 radical (unpaired) electrons. The highest BCUT2D eigenvalue weighted by Gasteiger charge is 1.98. The van der Waals surface area contributed by atoms with Crippen molar-refractivity contribution in [3.8, 4) is 0 Å². The molecule has 2 aromatic rings. The van der Waals surface area contributed by atoms with Gasteiger partial charge < -0.3 is 14.7 Å². The van der Waals surface area contributed by atoms with E-state index in [1.807, 2.05) is 12.1 Å². The third kappa shape index (κ3) is 2.73. The van der Waals surface area contributed by atoms with Crippen molar-refractivity contribution in [3.63, 3.8) is 0 Å². The lowest BCUT2D eigenvalue weighted by Gasteiger charge is -2.00. The number of rotatable bonds is 5. The van der Waals surface area contributed by atoms with Gasteiger partial charge in [0.1, 0.15) is 5.76 Å². The van der Waals surface area contributed by atoms with Gasteiger partial charge in [-0.05, 0) is 30.7 Å². The SMILES string of the molecule is CCc1ccc(CNCc2ccco2)[nH]1. The van der Waals surface area contributed by atoms with Gasteiger partial charge in [-0.1, -0.05) is 6.92 Å². The van der Waals surface area contributed by atoms with Crippen LogP contribution in [-0.4, -0.2) is 4.98 Å². The van der Waals surface area contributed by atoms with Crippen molar-refractivity contribution in [1.82, 2.24) is 10.3 Å². The van der Waals surface area contributed by atoms with Gasteiger partial charge in [0.05, 0.1) is 12.8 Å². The van der Waals surface area contributed by atoms with Crippen molar-refractivity contribution in [3.05, 3.63) is 47.7 Å². The summed E-state index contributed by atoms with van der Waals surface area (Å²) in [6.45, 7) is 3.76. The number of aryl methyl sites for hydroxylation is 1. The number of H-pyrrole nitrogens is 1. The molecule has 3 heteroatoms. The minimum Gasteiger partial charge on any atom is -0.468 e. The van der Waals surface area contributed by atoms with Crippen LogP contribution < -0.4 is 5.32 Å². The van der Waals surface area contributed by atoms with E-state index >= 15 is 0 Å². The monoisotopic (exact) mass is 204 g/mol. The van der Waals surface area contributed by atoms with Crippen molar-refractivity contribution < 1.29 is 4.42 Å². The molecule has 0 bridgehead atoms. The van der Waals surface area contributed by atoms with E-state index in [1.165, 1.54) is 11.4 Å². The molecule has 2 aromatic heterocycles. The summed E-state index contributed by atoms with van der Waals surface area (Å²) in [5, 5.41) is 3.32. The Morgan fingerprint density at radius 3 is 2.73 bits per heavy atom. The number of nitrogens with one attached hydrogen (secondary N) is 2. The van der Waals surface area contributed by atoms with Crippen LogP contribution in [0.25, 0.3) is 0 Å². The highest BCUT2D eigenvalue weighted by atomic mass is 16.3. The Labute approximate surface area is 89.5 Å². The maximum Gasteiger partial charge on any atom is 0.117 e. The first-order valence-electron chi connectivity index (χ1n) is 5.28. The first-order chi connectivity index (χ1) is 7.38. The number of aromatic amines is 1. The van der Waals surface area contributed by atoms with Crippen molar-refractivity contribution in [2.75, 3.05) is 0 Å². The molecule has 3 nitrogen and oxygen atoms in total. The van der Waals surface area contributed by atoms with E-state index in [0.29, 0.717) is 0 Å². The molecule has 0 aliphatic carbocycles. The second kappa shape index (κ2) is 4.84. The van der Waals surface area contributed by atoms with Crippen LogP contribution in [0.3, 0.4) is 0 Å². The normalized spacial score (nSPS) is 10.7.